The van der Waals surface area contributed by atoms with E-state index in [0.29, 0.717) is 6.54 Å². The van der Waals surface area contributed by atoms with E-state index in [2.05, 4.69) is 10.6 Å². The summed E-state index contributed by atoms with van der Waals surface area (Å²) in [5, 5.41) is 22.0. The molecule has 0 heterocycles. The smallest absolute Gasteiger partial charge is 0.326 e. The molecule has 8 heteroatoms. The number of nitrogens with one attached hydrogen (secondary N) is 2. The third kappa shape index (κ3) is 8.58. The molecule has 0 radical (unpaired) electrons. The molecule has 0 spiro atoms. The standard InChI is InChI=1S/C11H18N2O6/c1-2-12-8(14)4-5-9(15)13-7(11(18)19)3-6-10(16)17/h7H,2-6H2,1H3,(H,12,14)(H,13,15)(H,16,17)(H,18,19). The van der Waals surface area contributed by atoms with Crippen molar-refractivity contribution < 1.29 is 29.4 Å². The zero-order chi connectivity index (χ0) is 14.8. The van der Waals surface area contributed by atoms with Crippen molar-refractivity contribution in [2.45, 2.75) is 38.6 Å². The van der Waals surface area contributed by atoms with Crippen molar-refractivity contribution in [3.8, 4) is 0 Å². The van der Waals surface area contributed by atoms with E-state index in [0.717, 1.165) is 0 Å². The van der Waals surface area contributed by atoms with E-state index >= 15 is 0 Å². The van der Waals surface area contributed by atoms with Crippen molar-refractivity contribution in [2.75, 3.05) is 6.54 Å². The number of rotatable bonds is 9. The highest BCUT2D eigenvalue weighted by atomic mass is 16.4. The van der Waals surface area contributed by atoms with Gasteiger partial charge < -0.3 is 20.8 Å². The van der Waals surface area contributed by atoms with Crippen molar-refractivity contribution in [3.63, 3.8) is 0 Å². The van der Waals surface area contributed by atoms with Crippen LogP contribution in [0.3, 0.4) is 0 Å². The minimum absolute atomic E-state index is 0.0368. The van der Waals surface area contributed by atoms with Crippen molar-refractivity contribution in [1.29, 1.82) is 0 Å². The first-order valence-corrected chi connectivity index (χ1v) is 5.87. The molecule has 2 amide bonds. The van der Waals surface area contributed by atoms with Crippen LogP contribution in [0.4, 0.5) is 0 Å². The molecule has 0 aromatic heterocycles. The first-order chi connectivity index (χ1) is 8.86. The second kappa shape index (κ2) is 8.90. The number of carbonyl (C=O) groups excluding carboxylic acids is 2. The second-order valence-electron chi connectivity index (χ2n) is 3.84. The Labute approximate surface area is 110 Å². The number of amides is 2. The molecule has 19 heavy (non-hydrogen) atoms. The van der Waals surface area contributed by atoms with Crippen LogP contribution in [0.15, 0.2) is 0 Å². The van der Waals surface area contributed by atoms with Gasteiger partial charge in [-0.05, 0) is 13.3 Å². The largest absolute Gasteiger partial charge is 0.481 e. The minimum Gasteiger partial charge on any atom is -0.481 e. The summed E-state index contributed by atoms with van der Waals surface area (Å²) in [6, 6.07) is -1.25. The SMILES string of the molecule is CCNC(=O)CCC(=O)NC(CCC(=O)O)C(=O)O. The van der Waals surface area contributed by atoms with Gasteiger partial charge in [0.15, 0.2) is 0 Å². The lowest BCUT2D eigenvalue weighted by Gasteiger charge is -2.13. The predicted molar refractivity (Wildman–Crippen MR) is 64.4 cm³/mol. The van der Waals surface area contributed by atoms with Crippen LogP contribution >= 0.6 is 0 Å². The summed E-state index contributed by atoms with van der Waals surface area (Å²) in [5.41, 5.74) is 0. The van der Waals surface area contributed by atoms with Crippen LogP contribution in [0, 0.1) is 0 Å². The average Bonchev–Trinajstić information content (AvgIpc) is 2.31. The highest BCUT2D eigenvalue weighted by Crippen LogP contribution is 2.00. The summed E-state index contributed by atoms with van der Waals surface area (Å²) in [6.45, 7) is 2.20. The first-order valence-electron chi connectivity index (χ1n) is 5.87. The van der Waals surface area contributed by atoms with E-state index in [1.54, 1.807) is 6.92 Å². The molecular formula is C11H18N2O6. The fourth-order valence-electron chi connectivity index (χ4n) is 1.30. The molecule has 0 aliphatic rings. The molecule has 0 aromatic carbocycles. The van der Waals surface area contributed by atoms with Gasteiger partial charge in [0.25, 0.3) is 0 Å². The molecule has 0 aliphatic heterocycles. The lowest BCUT2D eigenvalue weighted by Crippen LogP contribution is -2.41. The minimum atomic E-state index is -1.30. The maximum absolute atomic E-state index is 11.4. The van der Waals surface area contributed by atoms with Gasteiger partial charge >= 0.3 is 11.9 Å². The van der Waals surface area contributed by atoms with E-state index in [9.17, 15) is 19.2 Å². The summed E-state index contributed by atoms with van der Waals surface area (Å²) < 4.78 is 0. The molecule has 108 valence electrons. The molecule has 0 rings (SSSR count). The Morgan fingerprint density at radius 3 is 2.05 bits per heavy atom. The molecule has 1 atom stereocenters. The maximum atomic E-state index is 11.4. The third-order valence-corrected chi connectivity index (χ3v) is 2.23. The quantitative estimate of drug-likeness (QED) is 0.441. The molecule has 0 bridgehead atoms. The average molecular weight is 274 g/mol. The lowest BCUT2D eigenvalue weighted by atomic mass is 10.1. The zero-order valence-electron chi connectivity index (χ0n) is 10.6. The van der Waals surface area contributed by atoms with Gasteiger partial charge in [0.05, 0.1) is 0 Å². The highest BCUT2D eigenvalue weighted by Gasteiger charge is 2.20. The fourth-order valence-corrected chi connectivity index (χ4v) is 1.30. The monoisotopic (exact) mass is 274 g/mol. The van der Waals surface area contributed by atoms with Crippen molar-refractivity contribution in [1.82, 2.24) is 10.6 Å². The summed E-state index contributed by atoms with van der Waals surface area (Å²) in [7, 11) is 0. The summed E-state index contributed by atoms with van der Waals surface area (Å²) in [4.78, 5) is 43.6. The van der Waals surface area contributed by atoms with Crippen molar-refractivity contribution in [3.05, 3.63) is 0 Å². The Morgan fingerprint density at radius 1 is 1.00 bits per heavy atom. The van der Waals surface area contributed by atoms with E-state index in [-0.39, 0.29) is 31.6 Å². The number of carboxylic acids is 2. The molecule has 1 unspecified atom stereocenters. The number of hydrogen-bond donors (Lipinski definition) is 4. The Kier molecular flexibility index (Phi) is 7.90. The van der Waals surface area contributed by atoms with Gasteiger partial charge in [0, 0.05) is 25.8 Å². The van der Waals surface area contributed by atoms with Gasteiger partial charge in [-0.3, -0.25) is 14.4 Å². The van der Waals surface area contributed by atoms with Crippen LogP contribution in [0.2, 0.25) is 0 Å². The van der Waals surface area contributed by atoms with Crippen LogP contribution in [0.25, 0.3) is 0 Å². The van der Waals surface area contributed by atoms with Gasteiger partial charge in [0.2, 0.25) is 11.8 Å². The molecule has 0 aliphatic carbocycles. The van der Waals surface area contributed by atoms with Crippen LogP contribution in [-0.2, 0) is 19.2 Å². The van der Waals surface area contributed by atoms with Gasteiger partial charge in [0.1, 0.15) is 6.04 Å². The number of carboxylic acid groups (broad SMARTS) is 2. The number of hydrogen-bond acceptors (Lipinski definition) is 4. The molecule has 0 fully saturated rings. The fraction of sp³-hybridized carbons (Fsp3) is 0.636. The van der Waals surface area contributed by atoms with Crippen LogP contribution in [0.1, 0.15) is 32.6 Å². The van der Waals surface area contributed by atoms with Crippen LogP contribution in [-0.4, -0.2) is 46.6 Å². The predicted octanol–water partition coefficient (Wildman–Crippen LogP) is -0.663. The Balaban J connectivity index is 4.13. The third-order valence-electron chi connectivity index (χ3n) is 2.23. The van der Waals surface area contributed by atoms with E-state index < -0.39 is 23.9 Å². The van der Waals surface area contributed by atoms with Crippen molar-refractivity contribution in [2.24, 2.45) is 0 Å². The molecule has 0 saturated heterocycles. The molecule has 8 nitrogen and oxygen atoms in total. The van der Waals surface area contributed by atoms with Gasteiger partial charge in [-0.2, -0.15) is 0 Å². The van der Waals surface area contributed by atoms with E-state index in [4.69, 9.17) is 10.2 Å². The Morgan fingerprint density at radius 2 is 1.58 bits per heavy atom. The summed E-state index contributed by atoms with van der Waals surface area (Å²) in [5.74, 6) is -3.32. The summed E-state index contributed by atoms with van der Waals surface area (Å²) in [6.07, 6.45) is -0.723. The second-order valence-corrected chi connectivity index (χ2v) is 3.84. The lowest BCUT2D eigenvalue weighted by molar-refractivity contribution is -0.143. The van der Waals surface area contributed by atoms with Gasteiger partial charge in [-0.1, -0.05) is 0 Å². The first kappa shape index (κ1) is 16.9. The number of aliphatic carboxylic acids is 2. The van der Waals surface area contributed by atoms with Crippen molar-refractivity contribution >= 4 is 23.8 Å². The Bertz CT molecular complexity index is 355. The van der Waals surface area contributed by atoms with Gasteiger partial charge in [-0.15, -0.1) is 0 Å². The molecule has 0 aromatic rings. The van der Waals surface area contributed by atoms with E-state index in [1.165, 1.54) is 0 Å². The normalized spacial score (nSPS) is 11.4. The van der Waals surface area contributed by atoms with Gasteiger partial charge in [-0.25, -0.2) is 4.79 Å². The summed E-state index contributed by atoms with van der Waals surface area (Å²) >= 11 is 0. The molecule has 4 N–H and O–H groups in total. The zero-order valence-corrected chi connectivity index (χ0v) is 10.6. The topological polar surface area (TPSA) is 133 Å². The maximum Gasteiger partial charge on any atom is 0.326 e. The van der Waals surface area contributed by atoms with Crippen LogP contribution < -0.4 is 10.6 Å². The highest BCUT2D eigenvalue weighted by molar-refractivity contribution is 5.87. The molecule has 0 saturated carbocycles. The Hall–Kier alpha value is -2.12. The van der Waals surface area contributed by atoms with Crippen LogP contribution in [0.5, 0.6) is 0 Å². The number of carbonyl (C=O) groups is 4. The van der Waals surface area contributed by atoms with E-state index in [1.807, 2.05) is 0 Å². The molecular weight excluding hydrogens is 256 g/mol.